The average molecular weight is 512 g/mol. The Bertz CT molecular complexity index is 1400. The number of fused-ring (bicyclic) bond motifs is 1. The average Bonchev–Trinajstić information content (AvgIpc) is 3.60. The number of nitriles is 1. The summed E-state index contributed by atoms with van der Waals surface area (Å²) in [4.78, 5) is 18.6. The van der Waals surface area contributed by atoms with Crippen molar-refractivity contribution in [3.63, 3.8) is 0 Å². The van der Waals surface area contributed by atoms with Crippen molar-refractivity contribution in [3.8, 4) is 17.2 Å². The molecule has 4 heterocycles. The number of nitrogens with zero attached hydrogens (tertiary/aromatic N) is 5. The van der Waals surface area contributed by atoms with E-state index in [9.17, 15) is 23.2 Å². The third-order valence-corrected chi connectivity index (χ3v) is 7.74. The van der Waals surface area contributed by atoms with E-state index >= 15 is 0 Å². The molecular weight excluding hydrogens is 487 g/mol. The molecule has 3 aromatic rings. The molecule has 0 saturated heterocycles. The molecule has 1 amide bonds. The second kappa shape index (κ2) is 9.22. The Labute approximate surface area is 210 Å². The summed E-state index contributed by atoms with van der Waals surface area (Å²) in [5.74, 6) is -0.452. The highest BCUT2D eigenvalue weighted by molar-refractivity contribution is 7.12. The first-order valence-corrected chi connectivity index (χ1v) is 12.4. The number of aromatic nitrogens is 2. The van der Waals surface area contributed by atoms with Gasteiger partial charge in [0.25, 0.3) is 5.91 Å². The monoisotopic (exact) mass is 511 g/mol. The summed E-state index contributed by atoms with van der Waals surface area (Å²) in [5.41, 5.74) is 1.80. The fourth-order valence-corrected chi connectivity index (χ4v) is 6.01. The summed E-state index contributed by atoms with van der Waals surface area (Å²) in [5, 5.41) is 13.3. The highest BCUT2D eigenvalue weighted by Crippen LogP contribution is 2.44. The molecule has 0 radical (unpaired) electrons. The second-order valence-electron chi connectivity index (χ2n) is 9.10. The lowest BCUT2D eigenvalue weighted by atomic mass is 9.83. The molecular formula is C26H24F3N5OS. The van der Waals surface area contributed by atoms with E-state index in [1.807, 2.05) is 30.2 Å². The molecule has 6 nitrogen and oxygen atoms in total. The number of halogens is 3. The van der Waals surface area contributed by atoms with Crippen LogP contribution in [0.5, 0.6) is 0 Å². The van der Waals surface area contributed by atoms with E-state index in [4.69, 9.17) is 0 Å². The smallest absolute Gasteiger partial charge is 0.333 e. The van der Waals surface area contributed by atoms with Crippen molar-refractivity contribution in [1.29, 1.82) is 5.26 Å². The van der Waals surface area contributed by atoms with Gasteiger partial charge in [-0.05, 0) is 36.7 Å². The minimum absolute atomic E-state index is 0.0146. The van der Waals surface area contributed by atoms with E-state index in [-0.39, 0.29) is 17.4 Å². The number of hydrogen-bond acceptors (Lipinski definition) is 5. The molecule has 2 aliphatic heterocycles. The first kappa shape index (κ1) is 24.3. The van der Waals surface area contributed by atoms with Crippen molar-refractivity contribution in [3.05, 3.63) is 74.8 Å². The minimum atomic E-state index is -4.61. The Balaban J connectivity index is 1.62. The maximum absolute atomic E-state index is 13.9. The van der Waals surface area contributed by atoms with E-state index in [1.54, 1.807) is 30.0 Å². The maximum Gasteiger partial charge on any atom is 0.435 e. The first-order chi connectivity index (χ1) is 17.2. The number of carbonyl (C=O) groups is 1. The number of alkyl halides is 3. The Hall–Kier alpha value is -3.42. The molecule has 2 aromatic heterocycles. The SMILES string of the molecule is CCn1cc(-c2ccccc2[C@@H]2CN(C(=O)C3=CCN(C)C3)Cc3sc(C#N)cc32)c(C(F)(F)F)n1. The van der Waals surface area contributed by atoms with E-state index < -0.39 is 11.9 Å². The maximum atomic E-state index is 13.9. The van der Waals surface area contributed by atoms with Gasteiger partial charge in [0.05, 0.1) is 6.54 Å². The summed E-state index contributed by atoms with van der Waals surface area (Å²) in [6, 6.07) is 11.0. The van der Waals surface area contributed by atoms with Gasteiger partial charge in [-0.3, -0.25) is 14.4 Å². The topological polar surface area (TPSA) is 65.2 Å². The van der Waals surface area contributed by atoms with Crippen molar-refractivity contribution >= 4 is 17.2 Å². The quantitative estimate of drug-likeness (QED) is 0.502. The molecule has 5 rings (SSSR count). The van der Waals surface area contributed by atoms with Crippen LogP contribution in [0.15, 0.2) is 48.2 Å². The number of benzene rings is 1. The number of likely N-dealkylation sites (N-methyl/N-ethyl adjacent to an activating group) is 1. The molecule has 0 N–H and O–H groups in total. The number of carbonyl (C=O) groups excluding carboxylic acids is 1. The van der Waals surface area contributed by atoms with Crippen LogP contribution in [0.3, 0.4) is 0 Å². The zero-order chi connectivity index (χ0) is 25.6. The molecule has 0 fully saturated rings. The lowest BCUT2D eigenvalue weighted by molar-refractivity contribution is -0.141. The first-order valence-electron chi connectivity index (χ1n) is 11.6. The van der Waals surface area contributed by atoms with Gasteiger partial charge in [-0.25, -0.2) is 0 Å². The molecule has 1 aromatic carbocycles. The van der Waals surface area contributed by atoms with E-state index in [0.29, 0.717) is 54.3 Å². The van der Waals surface area contributed by atoms with E-state index in [1.165, 1.54) is 22.2 Å². The van der Waals surface area contributed by atoms with Crippen LogP contribution in [0.2, 0.25) is 0 Å². The van der Waals surface area contributed by atoms with Gasteiger partial charge >= 0.3 is 6.18 Å². The highest BCUT2D eigenvalue weighted by Gasteiger charge is 2.39. The van der Waals surface area contributed by atoms with E-state index in [2.05, 4.69) is 11.2 Å². The van der Waals surface area contributed by atoms with Crippen LogP contribution >= 0.6 is 11.3 Å². The third kappa shape index (κ3) is 4.33. The van der Waals surface area contributed by atoms with Crippen molar-refractivity contribution in [2.24, 2.45) is 0 Å². The van der Waals surface area contributed by atoms with Crippen LogP contribution in [0.1, 0.15) is 39.4 Å². The van der Waals surface area contributed by atoms with Crippen LogP contribution in [-0.2, 0) is 24.1 Å². The van der Waals surface area contributed by atoms with Gasteiger partial charge in [0.2, 0.25) is 0 Å². The van der Waals surface area contributed by atoms with Gasteiger partial charge in [-0.15, -0.1) is 11.3 Å². The predicted octanol–water partition coefficient (Wildman–Crippen LogP) is 4.87. The number of rotatable bonds is 4. The summed E-state index contributed by atoms with van der Waals surface area (Å²) < 4.78 is 43.1. The van der Waals surface area contributed by atoms with Crippen molar-refractivity contribution in [2.45, 2.75) is 32.1 Å². The van der Waals surface area contributed by atoms with Crippen molar-refractivity contribution < 1.29 is 18.0 Å². The normalized spacial score (nSPS) is 18.2. The Kier molecular flexibility index (Phi) is 6.22. The summed E-state index contributed by atoms with van der Waals surface area (Å²) in [7, 11) is 1.94. The number of aryl methyl sites for hydroxylation is 1. The Morgan fingerprint density at radius 1 is 1.22 bits per heavy atom. The molecule has 0 spiro atoms. The van der Waals surface area contributed by atoms with Gasteiger partial charge in [-0.1, -0.05) is 30.3 Å². The van der Waals surface area contributed by atoms with Crippen molar-refractivity contribution in [2.75, 3.05) is 26.7 Å². The summed E-state index contributed by atoms with van der Waals surface area (Å²) in [6.07, 6.45) is -1.26. The van der Waals surface area contributed by atoms with Crippen LogP contribution in [0.25, 0.3) is 11.1 Å². The zero-order valence-electron chi connectivity index (χ0n) is 19.8. The molecule has 10 heteroatoms. The van der Waals surface area contributed by atoms with Gasteiger partial charge in [0.15, 0.2) is 5.69 Å². The number of amides is 1. The van der Waals surface area contributed by atoms with Gasteiger partial charge in [0.1, 0.15) is 10.9 Å². The molecule has 2 aliphatic rings. The summed E-state index contributed by atoms with van der Waals surface area (Å²) >= 11 is 1.33. The van der Waals surface area contributed by atoms with Crippen molar-refractivity contribution in [1.82, 2.24) is 19.6 Å². The minimum Gasteiger partial charge on any atom is -0.333 e. The number of thiophene rings is 1. The fourth-order valence-electron chi connectivity index (χ4n) is 4.97. The molecule has 0 saturated carbocycles. The van der Waals surface area contributed by atoms with Crippen LogP contribution < -0.4 is 0 Å². The van der Waals surface area contributed by atoms with Gasteiger partial charge in [0, 0.05) is 54.3 Å². The Morgan fingerprint density at radius 3 is 2.67 bits per heavy atom. The Morgan fingerprint density at radius 2 is 2.00 bits per heavy atom. The zero-order valence-corrected chi connectivity index (χ0v) is 20.7. The van der Waals surface area contributed by atoms with Crippen LogP contribution in [0.4, 0.5) is 13.2 Å². The number of hydrogen-bond donors (Lipinski definition) is 0. The molecule has 186 valence electrons. The molecule has 36 heavy (non-hydrogen) atoms. The second-order valence-corrected chi connectivity index (χ2v) is 10.2. The van der Waals surface area contributed by atoms with E-state index in [0.717, 1.165) is 10.4 Å². The molecule has 0 aliphatic carbocycles. The van der Waals surface area contributed by atoms with Gasteiger partial charge < -0.3 is 4.90 Å². The summed E-state index contributed by atoms with van der Waals surface area (Å²) in [6.45, 7) is 4.00. The van der Waals surface area contributed by atoms with Gasteiger partial charge in [-0.2, -0.15) is 23.5 Å². The largest absolute Gasteiger partial charge is 0.435 e. The van der Waals surface area contributed by atoms with Crippen LogP contribution in [-0.4, -0.2) is 52.2 Å². The molecule has 1 atom stereocenters. The van der Waals surface area contributed by atoms with Crippen LogP contribution in [0, 0.1) is 11.3 Å². The predicted molar refractivity (Wildman–Crippen MR) is 130 cm³/mol. The third-order valence-electron chi connectivity index (χ3n) is 6.70. The highest BCUT2D eigenvalue weighted by atomic mass is 32.1. The standard InChI is InChI=1S/C26H24F3N5OS/c1-3-34-14-22(24(31-34)26(27,28)29)19-7-5-4-6-18(19)21-13-33(25(35)16-8-9-32(2)12-16)15-23-20(21)10-17(11-30)36-23/h4-8,10,14,21H,3,9,12-13,15H2,1-2H3/t21-/m0/s1. The molecule has 0 bridgehead atoms. The lowest BCUT2D eigenvalue weighted by Crippen LogP contribution is -2.39. The fraction of sp³-hybridized carbons (Fsp3) is 0.346. The lowest BCUT2D eigenvalue weighted by Gasteiger charge is -2.34. The molecule has 0 unspecified atom stereocenters.